The lowest BCUT2D eigenvalue weighted by molar-refractivity contribution is 0.468. The van der Waals surface area contributed by atoms with Gasteiger partial charge >= 0.3 is 0 Å². The molecule has 0 aliphatic heterocycles. The fourth-order valence-electron chi connectivity index (χ4n) is 1.33. The maximum absolute atomic E-state index is 12.2. The zero-order valence-electron chi connectivity index (χ0n) is 9.64. The van der Waals surface area contributed by atoms with Crippen molar-refractivity contribution in [3.8, 4) is 0 Å². The molecule has 0 aliphatic carbocycles. The average Bonchev–Trinajstić information content (AvgIpc) is 2.29. The summed E-state index contributed by atoms with van der Waals surface area (Å²) in [6.07, 6.45) is 2.22. The van der Waals surface area contributed by atoms with Crippen LogP contribution in [0, 0.1) is 0 Å². The number of hydrazine groups is 1. The van der Waals surface area contributed by atoms with Crippen LogP contribution in [0.4, 0.5) is 5.82 Å². The maximum atomic E-state index is 12.2. The molecular formula is C9H15BrN4O2S. The first-order chi connectivity index (χ1) is 7.93. The molecule has 0 saturated heterocycles. The Bertz CT molecular complexity index is 492. The number of nitrogens with zero attached hydrogens (tertiary/aromatic N) is 2. The van der Waals surface area contributed by atoms with Gasteiger partial charge in [-0.05, 0) is 28.4 Å². The Kier molecular flexibility index (Phi) is 4.87. The van der Waals surface area contributed by atoms with E-state index in [2.05, 4.69) is 26.3 Å². The Morgan fingerprint density at radius 2 is 2.24 bits per heavy atom. The van der Waals surface area contributed by atoms with E-state index in [-0.39, 0.29) is 10.7 Å². The topological polar surface area (TPSA) is 88.3 Å². The number of nitrogens with two attached hydrogens (primary N) is 1. The van der Waals surface area contributed by atoms with E-state index in [4.69, 9.17) is 5.84 Å². The summed E-state index contributed by atoms with van der Waals surface area (Å²) in [5.74, 6) is 5.40. The van der Waals surface area contributed by atoms with E-state index in [1.165, 1.54) is 23.6 Å². The zero-order valence-corrected chi connectivity index (χ0v) is 12.0. The number of aromatic nitrogens is 1. The van der Waals surface area contributed by atoms with Crippen molar-refractivity contribution in [2.24, 2.45) is 5.84 Å². The summed E-state index contributed by atoms with van der Waals surface area (Å²) in [4.78, 5) is 3.98. The van der Waals surface area contributed by atoms with Gasteiger partial charge in [0.25, 0.3) is 0 Å². The first-order valence-corrected chi connectivity index (χ1v) is 7.25. The second-order valence-electron chi connectivity index (χ2n) is 3.47. The molecule has 0 atom stereocenters. The SMILES string of the molecule is CCCN(C)S(=O)(=O)c1cc(Br)cnc1NN. The van der Waals surface area contributed by atoms with Crippen molar-refractivity contribution < 1.29 is 8.42 Å². The van der Waals surface area contributed by atoms with Crippen LogP contribution in [0.5, 0.6) is 0 Å². The highest BCUT2D eigenvalue weighted by molar-refractivity contribution is 9.10. The van der Waals surface area contributed by atoms with E-state index >= 15 is 0 Å². The molecule has 0 bridgehead atoms. The monoisotopic (exact) mass is 322 g/mol. The van der Waals surface area contributed by atoms with Crippen LogP contribution in [0.1, 0.15) is 13.3 Å². The molecule has 6 nitrogen and oxygen atoms in total. The highest BCUT2D eigenvalue weighted by Gasteiger charge is 2.24. The van der Waals surface area contributed by atoms with Gasteiger partial charge in [0.2, 0.25) is 10.0 Å². The van der Waals surface area contributed by atoms with Gasteiger partial charge in [-0.1, -0.05) is 6.92 Å². The number of pyridine rings is 1. The number of anilines is 1. The van der Waals surface area contributed by atoms with Gasteiger partial charge in [-0.25, -0.2) is 23.5 Å². The molecule has 0 saturated carbocycles. The molecule has 0 aromatic carbocycles. The van der Waals surface area contributed by atoms with Crippen molar-refractivity contribution >= 4 is 31.8 Å². The maximum Gasteiger partial charge on any atom is 0.246 e. The number of halogens is 1. The fourth-order valence-corrected chi connectivity index (χ4v) is 3.20. The summed E-state index contributed by atoms with van der Waals surface area (Å²) in [6.45, 7) is 2.35. The Hall–Kier alpha value is -0.700. The van der Waals surface area contributed by atoms with Crippen LogP contribution in [0.3, 0.4) is 0 Å². The lowest BCUT2D eigenvalue weighted by Gasteiger charge is -2.17. The standard InChI is InChI=1S/C9H15BrN4O2S/c1-3-4-14(2)17(15,16)8-5-7(10)6-12-9(8)13-11/h5-6H,3-4,11H2,1-2H3,(H,12,13). The van der Waals surface area contributed by atoms with E-state index in [0.717, 1.165) is 6.42 Å². The van der Waals surface area contributed by atoms with Gasteiger partial charge in [0.1, 0.15) is 4.90 Å². The second kappa shape index (κ2) is 5.76. The Morgan fingerprint density at radius 3 is 2.76 bits per heavy atom. The molecule has 1 aromatic rings. The third kappa shape index (κ3) is 3.15. The Morgan fingerprint density at radius 1 is 1.59 bits per heavy atom. The molecule has 0 aliphatic rings. The van der Waals surface area contributed by atoms with Gasteiger partial charge in [0.15, 0.2) is 5.82 Å². The minimum Gasteiger partial charge on any atom is -0.307 e. The smallest absolute Gasteiger partial charge is 0.246 e. The summed E-state index contributed by atoms with van der Waals surface area (Å²) < 4.78 is 26.3. The number of rotatable bonds is 5. The first-order valence-electron chi connectivity index (χ1n) is 5.02. The van der Waals surface area contributed by atoms with Crippen LogP contribution < -0.4 is 11.3 Å². The third-order valence-corrected chi connectivity index (χ3v) is 4.49. The van der Waals surface area contributed by atoms with E-state index in [1.54, 1.807) is 0 Å². The molecule has 0 fully saturated rings. The van der Waals surface area contributed by atoms with Gasteiger partial charge in [-0.2, -0.15) is 0 Å². The van der Waals surface area contributed by atoms with Gasteiger partial charge in [0.05, 0.1) is 0 Å². The van der Waals surface area contributed by atoms with Crippen molar-refractivity contribution in [2.45, 2.75) is 18.2 Å². The quantitative estimate of drug-likeness (QED) is 0.627. The molecule has 0 unspecified atom stereocenters. The number of hydrogen-bond acceptors (Lipinski definition) is 5. The van der Waals surface area contributed by atoms with Crippen molar-refractivity contribution in [3.05, 3.63) is 16.7 Å². The molecule has 0 spiro atoms. The summed E-state index contributed by atoms with van der Waals surface area (Å²) in [5, 5.41) is 0. The summed E-state index contributed by atoms with van der Waals surface area (Å²) in [7, 11) is -2.04. The molecule has 1 heterocycles. The molecule has 1 aromatic heterocycles. The normalized spacial score (nSPS) is 11.8. The molecule has 3 N–H and O–H groups in total. The van der Waals surface area contributed by atoms with Crippen molar-refractivity contribution in [2.75, 3.05) is 19.0 Å². The van der Waals surface area contributed by atoms with Crippen molar-refractivity contribution in [1.82, 2.24) is 9.29 Å². The predicted molar refractivity (Wildman–Crippen MR) is 69.9 cm³/mol. The average molecular weight is 323 g/mol. The molecular weight excluding hydrogens is 308 g/mol. The number of sulfonamides is 1. The van der Waals surface area contributed by atoms with Gasteiger partial charge in [0, 0.05) is 24.3 Å². The van der Waals surface area contributed by atoms with E-state index < -0.39 is 10.0 Å². The summed E-state index contributed by atoms with van der Waals surface area (Å²) >= 11 is 3.19. The highest BCUT2D eigenvalue weighted by atomic mass is 79.9. The molecule has 1 rings (SSSR count). The van der Waals surface area contributed by atoms with Gasteiger partial charge in [-0.3, -0.25) is 0 Å². The van der Waals surface area contributed by atoms with E-state index in [1.807, 2.05) is 6.92 Å². The predicted octanol–water partition coefficient (Wildman–Crippen LogP) is 1.16. The number of nitrogen functional groups attached to an aromatic ring is 1. The third-order valence-electron chi connectivity index (χ3n) is 2.18. The van der Waals surface area contributed by atoms with Crippen LogP contribution in [0.2, 0.25) is 0 Å². The van der Waals surface area contributed by atoms with Gasteiger partial charge in [-0.15, -0.1) is 0 Å². The highest BCUT2D eigenvalue weighted by Crippen LogP contribution is 2.24. The van der Waals surface area contributed by atoms with Crippen LogP contribution in [-0.2, 0) is 10.0 Å². The van der Waals surface area contributed by atoms with Crippen LogP contribution in [0.25, 0.3) is 0 Å². The molecule has 0 amide bonds. The Balaban J connectivity index is 3.27. The molecule has 0 radical (unpaired) electrons. The van der Waals surface area contributed by atoms with Crippen LogP contribution in [0.15, 0.2) is 21.6 Å². The summed E-state index contributed by atoms with van der Waals surface area (Å²) in [5.41, 5.74) is 2.29. The molecule has 96 valence electrons. The second-order valence-corrected chi connectivity index (χ2v) is 6.40. The first kappa shape index (κ1) is 14.4. The fraction of sp³-hybridized carbons (Fsp3) is 0.444. The Labute approximate surface area is 109 Å². The lowest BCUT2D eigenvalue weighted by Crippen LogP contribution is -2.29. The van der Waals surface area contributed by atoms with Gasteiger partial charge < -0.3 is 5.43 Å². The minimum atomic E-state index is -3.57. The van der Waals surface area contributed by atoms with E-state index in [0.29, 0.717) is 11.0 Å². The van der Waals surface area contributed by atoms with Crippen molar-refractivity contribution in [3.63, 3.8) is 0 Å². The number of hydrogen-bond donors (Lipinski definition) is 2. The minimum absolute atomic E-state index is 0.0605. The van der Waals surface area contributed by atoms with Crippen molar-refractivity contribution in [1.29, 1.82) is 0 Å². The molecule has 8 heteroatoms. The summed E-state index contributed by atoms with van der Waals surface area (Å²) in [6, 6.07) is 1.48. The van der Waals surface area contributed by atoms with Crippen LogP contribution in [-0.4, -0.2) is 31.3 Å². The number of nitrogens with one attached hydrogen (secondary N) is 1. The largest absolute Gasteiger partial charge is 0.307 e. The molecule has 17 heavy (non-hydrogen) atoms. The van der Waals surface area contributed by atoms with Crippen LogP contribution >= 0.6 is 15.9 Å². The zero-order chi connectivity index (χ0) is 13.1. The van der Waals surface area contributed by atoms with E-state index in [9.17, 15) is 8.42 Å². The lowest BCUT2D eigenvalue weighted by atomic mass is 10.5.